The Morgan fingerprint density at radius 2 is 1.95 bits per heavy atom. The number of benzene rings is 1. The van der Waals surface area contributed by atoms with Crippen molar-refractivity contribution in [3.8, 4) is 0 Å². The average molecular weight is 276 g/mol. The van der Waals surface area contributed by atoms with Gasteiger partial charge in [0.2, 0.25) is 0 Å². The summed E-state index contributed by atoms with van der Waals surface area (Å²) in [6.07, 6.45) is 5.57. The summed E-state index contributed by atoms with van der Waals surface area (Å²) in [5.41, 5.74) is 2.91. The second-order valence-electron chi connectivity index (χ2n) is 5.38. The molecule has 0 aliphatic rings. The largest absolute Gasteiger partial charge is 0.388 e. The maximum Gasteiger partial charge on any atom is 0.251 e. The fraction of sp³-hybridized carbons (Fsp3) is 0.588. The minimum Gasteiger partial charge on any atom is -0.388 e. The zero-order valence-corrected chi connectivity index (χ0v) is 13.3. The molecule has 0 heterocycles. The van der Waals surface area contributed by atoms with E-state index in [9.17, 15) is 4.79 Å². The number of aryl methyl sites for hydroxylation is 1. The first-order valence-electron chi connectivity index (χ1n) is 7.71. The van der Waals surface area contributed by atoms with Gasteiger partial charge in [0.25, 0.3) is 5.91 Å². The van der Waals surface area contributed by atoms with Crippen molar-refractivity contribution >= 4 is 11.6 Å². The molecule has 0 fully saturated rings. The zero-order chi connectivity index (χ0) is 15.0. The quantitative estimate of drug-likeness (QED) is 0.749. The highest BCUT2D eigenvalue weighted by Gasteiger charge is 2.13. The van der Waals surface area contributed by atoms with Gasteiger partial charge in [0.05, 0.1) is 0 Å². The molecular weight excluding hydrogens is 248 g/mol. The molecule has 0 saturated heterocycles. The molecule has 0 aliphatic carbocycles. The van der Waals surface area contributed by atoms with E-state index in [0.29, 0.717) is 6.04 Å². The van der Waals surface area contributed by atoms with Crippen LogP contribution in [0.3, 0.4) is 0 Å². The van der Waals surface area contributed by atoms with Crippen molar-refractivity contribution in [2.24, 2.45) is 0 Å². The van der Waals surface area contributed by atoms with E-state index in [1.165, 1.54) is 12.8 Å². The second kappa shape index (κ2) is 8.62. The average Bonchev–Trinajstić information content (AvgIpc) is 2.44. The molecule has 1 atom stereocenters. The maximum absolute atomic E-state index is 12.3. The van der Waals surface area contributed by atoms with Gasteiger partial charge in [0.15, 0.2) is 0 Å². The monoisotopic (exact) mass is 276 g/mol. The van der Waals surface area contributed by atoms with Crippen LogP contribution in [-0.4, -0.2) is 19.0 Å². The molecule has 1 amide bonds. The standard InChI is InChI=1S/C17H28N2O/c1-5-7-9-15(8-6-2)19-17(20)14-10-11-16(18-4)13(3)12-14/h10-12,15,18H,5-9H2,1-4H3,(H,19,20). The number of anilines is 1. The molecule has 1 unspecified atom stereocenters. The van der Waals surface area contributed by atoms with Gasteiger partial charge >= 0.3 is 0 Å². The Morgan fingerprint density at radius 1 is 1.20 bits per heavy atom. The van der Waals surface area contributed by atoms with E-state index in [0.717, 1.165) is 36.1 Å². The molecule has 3 heteroatoms. The summed E-state index contributed by atoms with van der Waals surface area (Å²) in [6.45, 7) is 6.37. The Morgan fingerprint density at radius 3 is 2.50 bits per heavy atom. The fourth-order valence-corrected chi connectivity index (χ4v) is 2.44. The summed E-state index contributed by atoms with van der Waals surface area (Å²) in [5.74, 6) is 0.0466. The van der Waals surface area contributed by atoms with Crippen molar-refractivity contribution in [2.75, 3.05) is 12.4 Å². The molecule has 0 bridgehead atoms. The van der Waals surface area contributed by atoms with Gasteiger partial charge in [-0.25, -0.2) is 0 Å². The third-order valence-electron chi connectivity index (χ3n) is 3.64. The van der Waals surface area contributed by atoms with Crippen LogP contribution < -0.4 is 10.6 Å². The highest BCUT2D eigenvalue weighted by atomic mass is 16.1. The summed E-state index contributed by atoms with van der Waals surface area (Å²) in [5, 5.41) is 6.29. The van der Waals surface area contributed by atoms with Gasteiger partial charge < -0.3 is 10.6 Å². The highest BCUT2D eigenvalue weighted by Crippen LogP contribution is 2.16. The number of rotatable bonds is 8. The molecule has 0 saturated carbocycles. The van der Waals surface area contributed by atoms with Gasteiger partial charge in [-0.05, 0) is 43.5 Å². The van der Waals surface area contributed by atoms with Crippen LogP contribution in [0.5, 0.6) is 0 Å². The highest BCUT2D eigenvalue weighted by molar-refractivity contribution is 5.95. The van der Waals surface area contributed by atoms with Crippen LogP contribution in [0.25, 0.3) is 0 Å². The van der Waals surface area contributed by atoms with E-state index < -0.39 is 0 Å². The Bertz CT molecular complexity index is 429. The van der Waals surface area contributed by atoms with Gasteiger partial charge in [-0.15, -0.1) is 0 Å². The molecule has 1 aromatic rings. The Labute approximate surface area is 123 Å². The second-order valence-corrected chi connectivity index (χ2v) is 5.38. The third-order valence-corrected chi connectivity index (χ3v) is 3.64. The molecule has 0 aliphatic heterocycles. The van der Waals surface area contributed by atoms with Crippen LogP contribution in [0.15, 0.2) is 18.2 Å². The summed E-state index contributed by atoms with van der Waals surface area (Å²) in [4.78, 5) is 12.3. The van der Waals surface area contributed by atoms with Crippen molar-refractivity contribution in [2.45, 2.75) is 58.9 Å². The van der Waals surface area contributed by atoms with Crippen molar-refractivity contribution in [1.29, 1.82) is 0 Å². The van der Waals surface area contributed by atoms with Gasteiger partial charge in [0.1, 0.15) is 0 Å². The topological polar surface area (TPSA) is 41.1 Å². The van der Waals surface area contributed by atoms with E-state index >= 15 is 0 Å². The minimum absolute atomic E-state index is 0.0466. The van der Waals surface area contributed by atoms with E-state index in [4.69, 9.17) is 0 Å². The maximum atomic E-state index is 12.3. The Kier molecular flexibility index (Phi) is 7.13. The van der Waals surface area contributed by atoms with Crippen molar-refractivity contribution < 1.29 is 4.79 Å². The minimum atomic E-state index is 0.0466. The van der Waals surface area contributed by atoms with Crippen LogP contribution in [0.4, 0.5) is 5.69 Å². The van der Waals surface area contributed by atoms with Gasteiger partial charge in [-0.2, -0.15) is 0 Å². The number of amides is 1. The van der Waals surface area contributed by atoms with Gasteiger partial charge in [-0.1, -0.05) is 33.1 Å². The Hall–Kier alpha value is -1.51. The third kappa shape index (κ3) is 4.87. The predicted molar refractivity (Wildman–Crippen MR) is 86.4 cm³/mol. The number of hydrogen-bond donors (Lipinski definition) is 2. The lowest BCUT2D eigenvalue weighted by atomic mass is 10.0. The lowest BCUT2D eigenvalue weighted by molar-refractivity contribution is 0.0932. The van der Waals surface area contributed by atoms with Crippen LogP contribution in [0.2, 0.25) is 0 Å². The van der Waals surface area contributed by atoms with Crippen molar-refractivity contribution in [3.05, 3.63) is 29.3 Å². The molecule has 0 aromatic heterocycles. The molecule has 2 N–H and O–H groups in total. The Balaban J connectivity index is 2.70. The van der Waals surface area contributed by atoms with Crippen LogP contribution >= 0.6 is 0 Å². The first kappa shape index (κ1) is 16.5. The lowest BCUT2D eigenvalue weighted by Gasteiger charge is -2.18. The normalized spacial score (nSPS) is 12.0. The smallest absolute Gasteiger partial charge is 0.251 e. The number of carbonyl (C=O) groups excluding carboxylic acids is 1. The van der Waals surface area contributed by atoms with Crippen molar-refractivity contribution in [1.82, 2.24) is 5.32 Å². The molecule has 1 aromatic carbocycles. The zero-order valence-electron chi connectivity index (χ0n) is 13.3. The summed E-state index contributed by atoms with van der Waals surface area (Å²) >= 11 is 0. The first-order valence-corrected chi connectivity index (χ1v) is 7.71. The molecule has 112 valence electrons. The molecule has 0 radical (unpaired) electrons. The van der Waals surface area contributed by atoms with Crippen LogP contribution in [0, 0.1) is 6.92 Å². The molecule has 1 rings (SSSR count). The first-order chi connectivity index (χ1) is 9.62. The van der Waals surface area contributed by atoms with Gasteiger partial charge in [0, 0.05) is 24.3 Å². The molecular formula is C17H28N2O. The predicted octanol–water partition coefficient (Wildman–Crippen LogP) is 4.13. The van der Waals surface area contributed by atoms with Crippen LogP contribution in [-0.2, 0) is 0 Å². The van der Waals surface area contributed by atoms with E-state index in [2.05, 4.69) is 24.5 Å². The van der Waals surface area contributed by atoms with Gasteiger partial charge in [-0.3, -0.25) is 4.79 Å². The number of hydrogen-bond acceptors (Lipinski definition) is 2. The molecule has 20 heavy (non-hydrogen) atoms. The number of unbranched alkanes of at least 4 members (excludes halogenated alkanes) is 1. The summed E-state index contributed by atoms with van der Waals surface area (Å²) in [7, 11) is 1.89. The lowest BCUT2D eigenvalue weighted by Crippen LogP contribution is -2.34. The molecule has 3 nitrogen and oxygen atoms in total. The SMILES string of the molecule is CCCCC(CCC)NC(=O)c1ccc(NC)c(C)c1. The van der Waals surface area contributed by atoms with E-state index in [1.54, 1.807) is 0 Å². The summed E-state index contributed by atoms with van der Waals surface area (Å²) in [6, 6.07) is 6.10. The van der Waals surface area contributed by atoms with E-state index in [1.807, 2.05) is 32.2 Å². The summed E-state index contributed by atoms with van der Waals surface area (Å²) < 4.78 is 0. The number of nitrogens with one attached hydrogen (secondary N) is 2. The molecule has 0 spiro atoms. The van der Waals surface area contributed by atoms with Crippen molar-refractivity contribution in [3.63, 3.8) is 0 Å². The van der Waals surface area contributed by atoms with Crippen LogP contribution in [0.1, 0.15) is 61.9 Å². The fourth-order valence-electron chi connectivity index (χ4n) is 2.44. The number of carbonyl (C=O) groups is 1. The van der Waals surface area contributed by atoms with E-state index in [-0.39, 0.29) is 5.91 Å².